The molecule has 1 amide bonds. The molecule has 2 unspecified atom stereocenters. The van der Waals surface area contributed by atoms with Crippen molar-refractivity contribution in [3.05, 3.63) is 65.7 Å². The number of nitrogens with zero attached hydrogens (tertiary/aromatic N) is 2. The van der Waals surface area contributed by atoms with Crippen LogP contribution in [0.3, 0.4) is 0 Å². The molecule has 34 heavy (non-hydrogen) atoms. The maximum atomic E-state index is 14.6. The Morgan fingerprint density at radius 2 is 1.71 bits per heavy atom. The van der Waals surface area contributed by atoms with E-state index in [9.17, 15) is 4.79 Å². The number of fused-ring (bicyclic) bond motifs is 1. The number of carbonyl (C=O) groups is 1. The number of rotatable bonds is 5. The van der Waals surface area contributed by atoms with E-state index >= 15 is 0 Å². The Bertz CT molecular complexity index is 1020. The van der Waals surface area contributed by atoms with Crippen LogP contribution in [0.15, 0.2) is 59.6 Å². The molecule has 5 nitrogen and oxygen atoms in total. The minimum atomic E-state index is -0.783. The number of carbonyl (C=O) groups excluding carboxylic acids is 1. The zero-order chi connectivity index (χ0) is 23.5. The molecule has 3 aliphatic rings. The van der Waals surface area contributed by atoms with Gasteiger partial charge in [0.25, 0.3) is 0 Å². The molecule has 2 N–H and O–H groups in total. The number of aliphatic imine (C=N–C) groups is 1. The third-order valence-corrected chi connectivity index (χ3v) is 8.34. The topological polar surface area (TPSA) is 56.7 Å². The Labute approximate surface area is 204 Å². The lowest BCUT2D eigenvalue weighted by Crippen LogP contribution is -2.66. The van der Waals surface area contributed by atoms with Crippen molar-refractivity contribution in [2.75, 3.05) is 26.2 Å². The Kier molecular flexibility index (Phi) is 6.84. The smallest absolute Gasteiger partial charge is 0.246 e. The maximum Gasteiger partial charge on any atom is 0.246 e. The van der Waals surface area contributed by atoms with Crippen molar-refractivity contribution in [3.8, 4) is 0 Å². The highest BCUT2D eigenvalue weighted by atomic mass is 16.2. The van der Waals surface area contributed by atoms with Crippen LogP contribution in [-0.4, -0.2) is 48.7 Å². The third kappa shape index (κ3) is 4.09. The van der Waals surface area contributed by atoms with Crippen LogP contribution in [0.25, 0.3) is 0 Å². The van der Waals surface area contributed by atoms with Crippen molar-refractivity contribution in [3.63, 3.8) is 0 Å². The van der Waals surface area contributed by atoms with Gasteiger partial charge < -0.3 is 10.6 Å². The molecular weight excluding hydrogens is 420 g/mol. The van der Waals surface area contributed by atoms with E-state index < -0.39 is 5.54 Å². The van der Waals surface area contributed by atoms with Gasteiger partial charge in [-0.2, -0.15) is 0 Å². The van der Waals surface area contributed by atoms with Gasteiger partial charge in [-0.3, -0.25) is 14.7 Å². The largest absolute Gasteiger partial charge is 0.351 e. The first-order chi connectivity index (χ1) is 16.6. The summed E-state index contributed by atoms with van der Waals surface area (Å²) in [7, 11) is 0. The molecule has 1 saturated heterocycles. The molecule has 3 atom stereocenters. The summed E-state index contributed by atoms with van der Waals surface area (Å²) in [5, 5.41) is 7.03. The highest BCUT2D eigenvalue weighted by Gasteiger charge is 2.55. The summed E-state index contributed by atoms with van der Waals surface area (Å²) >= 11 is 0. The van der Waals surface area contributed by atoms with Gasteiger partial charge in [0.2, 0.25) is 5.91 Å². The minimum Gasteiger partial charge on any atom is -0.351 e. The van der Waals surface area contributed by atoms with Crippen LogP contribution in [0.5, 0.6) is 0 Å². The van der Waals surface area contributed by atoms with Gasteiger partial charge in [0.1, 0.15) is 5.54 Å². The number of nitrogens with one attached hydrogen (secondary N) is 2. The van der Waals surface area contributed by atoms with Gasteiger partial charge in [-0.25, -0.2) is 0 Å². The van der Waals surface area contributed by atoms with Crippen LogP contribution in [-0.2, 0) is 10.3 Å². The lowest BCUT2D eigenvalue weighted by atomic mass is 9.70. The van der Waals surface area contributed by atoms with Crippen molar-refractivity contribution in [1.29, 1.82) is 0 Å². The van der Waals surface area contributed by atoms with Crippen molar-refractivity contribution < 1.29 is 4.79 Å². The van der Waals surface area contributed by atoms with E-state index in [4.69, 9.17) is 4.99 Å². The zero-order valence-electron chi connectivity index (χ0n) is 20.6. The predicted octanol–water partition coefficient (Wildman–Crippen LogP) is 4.64. The van der Waals surface area contributed by atoms with Gasteiger partial charge >= 0.3 is 0 Å². The van der Waals surface area contributed by atoms with Crippen LogP contribution in [0, 0.1) is 11.8 Å². The van der Waals surface area contributed by atoms with Crippen LogP contribution >= 0.6 is 0 Å². The van der Waals surface area contributed by atoms with Crippen LogP contribution in [0.4, 0.5) is 5.69 Å². The number of hydrogen-bond acceptors (Lipinski definition) is 4. The van der Waals surface area contributed by atoms with E-state index in [-0.39, 0.29) is 17.9 Å². The first kappa shape index (κ1) is 23.3. The SMILES string of the molecule is CC(NC(=O)[C@@]1(N2CCNCC2)c2ccccc2N=C(c2ccccc2)C1C)C1CCCCC1. The second kappa shape index (κ2) is 10.0. The van der Waals surface area contributed by atoms with Crippen LogP contribution in [0.1, 0.15) is 57.1 Å². The molecule has 2 aromatic rings. The van der Waals surface area contributed by atoms with Crippen LogP contribution in [0.2, 0.25) is 0 Å². The molecule has 5 heteroatoms. The van der Waals surface area contributed by atoms with Crippen molar-refractivity contribution in [2.24, 2.45) is 16.8 Å². The highest BCUT2D eigenvalue weighted by molar-refractivity contribution is 6.10. The van der Waals surface area contributed by atoms with E-state index in [1.54, 1.807) is 0 Å². The van der Waals surface area contributed by atoms with Crippen molar-refractivity contribution in [2.45, 2.75) is 57.5 Å². The standard InChI is InChI=1S/C29H38N4O/c1-21-27(24-13-7-4-8-14-24)32-26-16-10-9-15-25(26)29(21,33-19-17-30-18-20-33)28(34)31-22(2)23-11-5-3-6-12-23/h4,7-10,13-16,21-23,30H,3,5-6,11-12,17-20H2,1-2H3,(H,31,34)/t21?,22?,29-/m0/s1. The molecule has 2 aromatic carbocycles. The molecule has 1 saturated carbocycles. The molecule has 2 fully saturated rings. The molecule has 0 spiro atoms. The van der Waals surface area contributed by atoms with E-state index in [1.807, 2.05) is 12.1 Å². The van der Waals surface area contributed by atoms with Gasteiger partial charge in [-0.1, -0.05) is 74.7 Å². The first-order valence-corrected chi connectivity index (χ1v) is 13.1. The fourth-order valence-corrected chi connectivity index (χ4v) is 6.47. The average molecular weight is 459 g/mol. The molecule has 5 rings (SSSR count). The third-order valence-electron chi connectivity index (χ3n) is 8.34. The highest BCUT2D eigenvalue weighted by Crippen LogP contribution is 2.47. The van der Waals surface area contributed by atoms with E-state index in [0.29, 0.717) is 5.92 Å². The number of piperazine rings is 1. The Morgan fingerprint density at radius 3 is 2.44 bits per heavy atom. The van der Waals surface area contributed by atoms with Gasteiger partial charge in [-0.05, 0) is 37.3 Å². The van der Waals surface area contributed by atoms with E-state index in [1.165, 1.54) is 32.1 Å². The summed E-state index contributed by atoms with van der Waals surface area (Å²) in [6.45, 7) is 7.87. The fraction of sp³-hybridized carbons (Fsp3) is 0.517. The molecular formula is C29H38N4O. The summed E-state index contributed by atoms with van der Waals surface area (Å²) in [5.74, 6) is 0.617. The van der Waals surface area contributed by atoms with Crippen LogP contribution < -0.4 is 10.6 Å². The fourth-order valence-electron chi connectivity index (χ4n) is 6.47. The van der Waals surface area contributed by atoms with Gasteiger partial charge in [0.15, 0.2) is 0 Å². The quantitative estimate of drug-likeness (QED) is 0.686. The second-order valence-corrected chi connectivity index (χ2v) is 10.3. The van der Waals surface area contributed by atoms with Crippen molar-refractivity contribution in [1.82, 2.24) is 15.5 Å². The summed E-state index contributed by atoms with van der Waals surface area (Å²) in [4.78, 5) is 22.2. The van der Waals surface area contributed by atoms with Gasteiger partial charge in [0, 0.05) is 43.7 Å². The van der Waals surface area contributed by atoms with Gasteiger partial charge in [0.05, 0.1) is 11.4 Å². The monoisotopic (exact) mass is 458 g/mol. The first-order valence-electron chi connectivity index (χ1n) is 13.1. The second-order valence-electron chi connectivity index (χ2n) is 10.3. The molecule has 180 valence electrons. The van der Waals surface area contributed by atoms with Crippen molar-refractivity contribution >= 4 is 17.3 Å². The molecule has 2 aliphatic heterocycles. The summed E-state index contributed by atoms with van der Waals surface area (Å²) in [6.07, 6.45) is 6.30. The lowest BCUT2D eigenvalue weighted by molar-refractivity contribution is -0.138. The lowest BCUT2D eigenvalue weighted by Gasteiger charge is -2.51. The van der Waals surface area contributed by atoms with E-state index in [0.717, 1.165) is 48.7 Å². The number of para-hydroxylation sites is 1. The number of hydrogen-bond donors (Lipinski definition) is 2. The number of amides is 1. The average Bonchev–Trinajstić information content (AvgIpc) is 2.90. The Morgan fingerprint density at radius 1 is 1.03 bits per heavy atom. The maximum absolute atomic E-state index is 14.6. The number of benzene rings is 2. The molecule has 0 radical (unpaired) electrons. The summed E-state index contributed by atoms with van der Waals surface area (Å²) < 4.78 is 0. The minimum absolute atomic E-state index is 0.0820. The normalized spacial score (nSPS) is 26.9. The summed E-state index contributed by atoms with van der Waals surface area (Å²) in [5.41, 5.74) is 3.26. The molecule has 0 bridgehead atoms. The zero-order valence-corrected chi connectivity index (χ0v) is 20.6. The van der Waals surface area contributed by atoms with E-state index in [2.05, 4.69) is 71.8 Å². The Balaban J connectivity index is 1.61. The Hall–Kier alpha value is -2.50. The molecule has 1 aliphatic carbocycles. The van der Waals surface area contributed by atoms with Gasteiger partial charge in [-0.15, -0.1) is 0 Å². The molecule has 2 heterocycles. The predicted molar refractivity (Wildman–Crippen MR) is 139 cm³/mol. The summed E-state index contributed by atoms with van der Waals surface area (Å²) in [6, 6.07) is 18.9. The molecule has 0 aromatic heterocycles.